The molecule has 0 amide bonds. The number of benzene rings is 2. The van der Waals surface area contributed by atoms with Gasteiger partial charge < -0.3 is 4.74 Å². The number of ether oxygens (including phenoxy) is 1. The highest BCUT2D eigenvalue weighted by Crippen LogP contribution is 2.39. The zero-order valence-corrected chi connectivity index (χ0v) is 12.1. The van der Waals surface area contributed by atoms with Gasteiger partial charge in [0.15, 0.2) is 5.60 Å². The van der Waals surface area contributed by atoms with Gasteiger partial charge in [-0.3, -0.25) is 20.2 Å². The molecule has 0 saturated carbocycles. The van der Waals surface area contributed by atoms with Crippen molar-refractivity contribution < 1.29 is 19.4 Å². The van der Waals surface area contributed by atoms with Crippen molar-refractivity contribution in [2.24, 2.45) is 0 Å². The van der Waals surface area contributed by atoms with E-state index in [1.165, 1.54) is 60.7 Å². The summed E-state index contributed by atoms with van der Waals surface area (Å²) >= 11 is 0. The molecular formula is C16H10N2O6. The van der Waals surface area contributed by atoms with Crippen molar-refractivity contribution in [3.8, 4) is 0 Å². The zero-order valence-electron chi connectivity index (χ0n) is 12.1. The summed E-state index contributed by atoms with van der Waals surface area (Å²) < 4.78 is 5.43. The van der Waals surface area contributed by atoms with E-state index in [2.05, 4.69) is 0 Å². The molecule has 0 atom stereocenters. The molecule has 1 aliphatic rings. The van der Waals surface area contributed by atoms with Crippen molar-refractivity contribution in [3.63, 3.8) is 0 Å². The van der Waals surface area contributed by atoms with Crippen molar-refractivity contribution in [2.75, 3.05) is 0 Å². The van der Waals surface area contributed by atoms with E-state index < -0.39 is 21.4 Å². The lowest BCUT2D eigenvalue weighted by Gasteiger charge is -2.27. The van der Waals surface area contributed by atoms with Crippen LogP contribution in [0.3, 0.4) is 0 Å². The van der Waals surface area contributed by atoms with E-state index in [4.69, 9.17) is 4.74 Å². The molecule has 1 aliphatic heterocycles. The van der Waals surface area contributed by atoms with Crippen LogP contribution in [0.15, 0.2) is 60.7 Å². The molecule has 0 bridgehead atoms. The lowest BCUT2D eigenvalue weighted by atomic mass is 9.86. The first-order valence-electron chi connectivity index (χ1n) is 6.84. The number of nitro groups is 2. The predicted octanol–water partition coefficient (Wildman–Crippen LogP) is 2.86. The zero-order chi connectivity index (χ0) is 17.3. The van der Waals surface area contributed by atoms with E-state index in [-0.39, 0.29) is 11.4 Å². The molecule has 120 valence electrons. The van der Waals surface area contributed by atoms with Gasteiger partial charge in [0, 0.05) is 41.5 Å². The van der Waals surface area contributed by atoms with Crippen LogP contribution in [0.4, 0.5) is 11.4 Å². The van der Waals surface area contributed by atoms with Crippen molar-refractivity contribution >= 4 is 17.3 Å². The first-order chi connectivity index (χ1) is 11.4. The van der Waals surface area contributed by atoms with E-state index in [1.54, 1.807) is 0 Å². The van der Waals surface area contributed by atoms with Crippen LogP contribution in [-0.4, -0.2) is 15.8 Å². The summed E-state index contributed by atoms with van der Waals surface area (Å²) in [4.78, 5) is 32.1. The van der Waals surface area contributed by atoms with Gasteiger partial charge in [0.1, 0.15) is 0 Å². The fourth-order valence-corrected chi connectivity index (χ4v) is 2.55. The molecule has 0 spiro atoms. The molecule has 0 saturated heterocycles. The van der Waals surface area contributed by atoms with Crippen LogP contribution in [0.2, 0.25) is 0 Å². The van der Waals surface area contributed by atoms with Gasteiger partial charge in [-0.15, -0.1) is 0 Å². The quantitative estimate of drug-likeness (QED) is 0.485. The number of esters is 1. The first kappa shape index (κ1) is 15.3. The maximum Gasteiger partial charge on any atom is 0.332 e. The summed E-state index contributed by atoms with van der Waals surface area (Å²) in [6.07, 6.45) is 2.78. The number of carbonyl (C=O) groups is 1. The molecule has 0 radical (unpaired) electrons. The monoisotopic (exact) mass is 326 g/mol. The Labute approximate surface area is 135 Å². The van der Waals surface area contributed by atoms with Crippen molar-refractivity contribution in [1.29, 1.82) is 0 Å². The van der Waals surface area contributed by atoms with E-state index in [0.717, 1.165) is 0 Å². The molecular weight excluding hydrogens is 316 g/mol. The van der Waals surface area contributed by atoms with Crippen molar-refractivity contribution in [2.45, 2.75) is 5.60 Å². The Kier molecular flexibility index (Phi) is 3.57. The fourth-order valence-electron chi connectivity index (χ4n) is 2.55. The van der Waals surface area contributed by atoms with Gasteiger partial charge in [0.05, 0.1) is 9.85 Å². The van der Waals surface area contributed by atoms with E-state index in [0.29, 0.717) is 11.1 Å². The Morgan fingerprint density at radius 1 is 0.792 bits per heavy atom. The van der Waals surface area contributed by atoms with Crippen LogP contribution in [0.1, 0.15) is 11.1 Å². The largest absolute Gasteiger partial charge is 0.442 e. The predicted molar refractivity (Wildman–Crippen MR) is 82.2 cm³/mol. The minimum absolute atomic E-state index is 0.0918. The summed E-state index contributed by atoms with van der Waals surface area (Å²) in [5.41, 5.74) is -0.439. The molecule has 3 rings (SSSR count). The Morgan fingerprint density at radius 2 is 1.21 bits per heavy atom. The number of nitro benzene ring substituents is 2. The van der Waals surface area contributed by atoms with E-state index in [1.807, 2.05) is 0 Å². The molecule has 0 aromatic heterocycles. The second kappa shape index (κ2) is 5.58. The van der Waals surface area contributed by atoms with Crippen molar-refractivity contribution in [3.05, 3.63) is 92.0 Å². The van der Waals surface area contributed by atoms with Gasteiger partial charge in [-0.05, 0) is 30.3 Å². The van der Waals surface area contributed by atoms with Gasteiger partial charge in [0.2, 0.25) is 0 Å². The Bertz CT molecular complexity index is 798. The topological polar surface area (TPSA) is 113 Å². The Morgan fingerprint density at radius 3 is 1.50 bits per heavy atom. The maximum absolute atomic E-state index is 11.6. The summed E-state index contributed by atoms with van der Waals surface area (Å²) in [5.74, 6) is -0.563. The molecule has 0 unspecified atom stereocenters. The van der Waals surface area contributed by atoms with Gasteiger partial charge >= 0.3 is 5.97 Å². The standard InChI is InChI=1S/C16H10N2O6/c19-15-9-10-16(24-15,11-1-5-13(6-2-11)17(20)21)12-3-7-14(8-4-12)18(22)23/h1-10H. The highest BCUT2D eigenvalue weighted by Gasteiger charge is 2.40. The molecule has 2 aromatic carbocycles. The summed E-state index contributed by atoms with van der Waals surface area (Å²) in [7, 11) is 0. The van der Waals surface area contributed by atoms with Gasteiger partial charge in [-0.2, -0.15) is 0 Å². The average Bonchev–Trinajstić information content (AvgIpc) is 2.98. The minimum Gasteiger partial charge on any atom is -0.442 e. The van der Waals surface area contributed by atoms with Crippen LogP contribution < -0.4 is 0 Å². The lowest BCUT2D eigenvalue weighted by molar-refractivity contribution is -0.385. The molecule has 8 nitrogen and oxygen atoms in total. The highest BCUT2D eigenvalue weighted by molar-refractivity contribution is 5.86. The number of hydrogen-bond donors (Lipinski definition) is 0. The van der Waals surface area contributed by atoms with Crippen LogP contribution in [0, 0.1) is 20.2 Å². The molecule has 1 heterocycles. The van der Waals surface area contributed by atoms with Crippen LogP contribution in [-0.2, 0) is 15.1 Å². The molecule has 2 aromatic rings. The maximum atomic E-state index is 11.6. The molecule has 0 aliphatic carbocycles. The molecule has 0 N–H and O–H groups in total. The van der Waals surface area contributed by atoms with Crippen LogP contribution >= 0.6 is 0 Å². The van der Waals surface area contributed by atoms with Gasteiger partial charge in [-0.25, -0.2) is 4.79 Å². The highest BCUT2D eigenvalue weighted by atomic mass is 16.6. The normalized spacial score (nSPS) is 15.1. The smallest absolute Gasteiger partial charge is 0.332 e. The minimum atomic E-state index is -1.26. The molecule has 0 fully saturated rings. The van der Waals surface area contributed by atoms with Gasteiger partial charge in [-0.1, -0.05) is 0 Å². The number of non-ortho nitro benzene ring substituents is 2. The Hall–Kier alpha value is -3.55. The third-order valence-electron chi connectivity index (χ3n) is 3.73. The first-order valence-corrected chi connectivity index (χ1v) is 6.84. The third-order valence-corrected chi connectivity index (χ3v) is 3.73. The second-order valence-corrected chi connectivity index (χ2v) is 5.10. The Balaban J connectivity index is 2.08. The second-order valence-electron chi connectivity index (χ2n) is 5.10. The lowest BCUT2D eigenvalue weighted by Crippen LogP contribution is -2.27. The number of rotatable bonds is 4. The van der Waals surface area contributed by atoms with Crippen LogP contribution in [0.25, 0.3) is 0 Å². The number of carbonyl (C=O) groups excluding carboxylic acids is 1. The van der Waals surface area contributed by atoms with E-state index >= 15 is 0 Å². The fraction of sp³-hybridized carbons (Fsp3) is 0.0625. The van der Waals surface area contributed by atoms with Gasteiger partial charge in [0.25, 0.3) is 11.4 Å². The van der Waals surface area contributed by atoms with Crippen molar-refractivity contribution in [1.82, 2.24) is 0 Å². The SMILES string of the molecule is O=C1C=CC(c2ccc([N+](=O)[O-])cc2)(c2ccc([N+](=O)[O-])cc2)O1. The summed E-state index contributed by atoms with van der Waals surface area (Å²) in [6, 6.07) is 11.2. The van der Waals surface area contributed by atoms with E-state index in [9.17, 15) is 25.0 Å². The summed E-state index contributed by atoms with van der Waals surface area (Å²) in [6.45, 7) is 0. The molecule has 24 heavy (non-hydrogen) atoms. The molecule has 8 heteroatoms. The number of nitrogens with zero attached hydrogens (tertiary/aromatic N) is 2. The third kappa shape index (κ3) is 2.50. The number of hydrogen-bond acceptors (Lipinski definition) is 6. The van der Waals surface area contributed by atoms with Crippen LogP contribution in [0.5, 0.6) is 0 Å². The number of cyclic esters (lactones) is 1. The summed E-state index contributed by atoms with van der Waals surface area (Å²) in [5, 5.41) is 21.6. The average molecular weight is 326 g/mol.